The van der Waals surface area contributed by atoms with Crippen molar-refractivity contribution in [1.82, 2.24) is 0 Å². The molecule has 0 radical (unpaired) electrons. The Balaban J connectivity index is 2.01. The third-order valence-corrected chi connectivity index (χ3v) is 5.63. The Hall–Kier alpha value is -1.96. The maximum Gasteiger partial charge on any atom is 0.334 e. The first-order valence-corrected chi connectivity index (χ1v) is 9.04. The third-order valence-electron chi connectivity index (χ3n) is 5.63. The SMILES string of the molecule is C=C1C(=O)OC2C=C(C)C(O)C3OC3C(C)(O)CC(OC(=O)C(C)=CC)C12. The monoisotopic (exact) mass is 378 g/mol. The van der Waals surface area contributed by atoms with Crippen LogP contribution in [0.5, 0.6) is 0 Å². The van der Waals surface area contributed by atoms with Gasteiger partial charge in [0.1, 0.15) is 30.5 Å². The van der Waals surface area contributed by atoms with Gasteiger partial charge in [0.25, 0.3) is 0 Å². The molecule has 2 N–H and O–H groups in total. The normalized spacial score (nSPS) is 41.9. The number of fused-ring (bicyclic) bond motifs is 2. The number of esters is 2. The van der Waals surface area contributed by atoms with Crippen molar-refractivity contribution in [2.24, 2.45) is 5.92 Å². The van der Waals surface area contributed by atoms with Gasteiger partial charge in [0.15, 0.2) is 0 Å². The quantitative estimate of drug-likeness (QED) is 0.322. The van der Waals surface area contributed by atoms with Gasteiger partial charge in [-0.05, 0) is 39.3 Å². The molecule has 0 spiro atoms. The van der Waals surface area contributed by atoms with E-state index >= 15 is 0 Å². The van der Waals surface area contributed by atoms with Crippen molar-refractivity contribution in [2.75, 3.05) is 0 Å². The first kappa shape index (κ1) is 19.8. The topological polar surface area (TPSA) is 106 Å². The van der Waals surface area contributed by atoms with E-state index in [-0.39, 0.29) is 12.0 Å². The lowest BCUT2D eigenvalue weighted by molar-refractivity contribution is -0.151. The summed E-state index contributed by atoms with van der Waals surface area (Å²) in [6.45, 7) is 10.4. The molecule has 2 fully saturated rings. The summed E-state index contributed by atoms with van der Waals surface area (Å²) in [6.07, 6.45) is -0.349. The van der Waals surface area contributed by atoms with E-state index in [4.69, 9.17) is 14.2 Å². The van der Waals surface area contributed by atoms with Crippen molar-refractivity contribution >= 4 is 11.9 Å². The molecule has 27 heavy (non-hydrogen) atoms. The van der Waals surface area contributed by atoms with Gasteiger partial charge in [0.05, 0.1) is 11.5 Å². The van der Waals surface area contributed by atoms with E-state index in [1.54, 1.807) is 39.8 Å². The van der Waals surface area contributed by atoms with Gasteiger partial charge in [-0.3, -0.25) is 0 Å². The first-order chi connectivity index (χ1) is 12.6. The summed E-state index contributed by atoms with van der Waals surface area (Å²) in [5.74, 6) is -1.77. The van der Waals surface area contributed by atoms with E-state index in [0.29, 0.717) is 11.1 Å². The lowest BCUT2D eigenvalue weighted by Gasteiger charge is -2.33. The smallest absolute Gasteiger partial charge is 0.334 e. The summed E-state index contributed by atoms with van der Waals surface area (Å²) in [7, 11) is 0. The van der Waals surface area contributed by atoms with Gasteiger partial charge in [0, 0.05) is 17.6 Å². The molecule has 7 unspecified atom stereocenters. The summed E-state index contributed by atoms with van der Waals surface area (Å²) in [4.78, 5) is 24.5. The Labute approximate surface area is 158 Å². The molecule has 7 heteroatoms. The molecule has 2 aliphatic heterocycles. The molecule has 3 aliphatic rings. The zero-order valence-corrected chi connectivity index (χ0v) is 16.0. The van der Waals surface area contributed by atoms with Crippen molar-refractivity contribution in [2.45, 2.75) is 70.2 Å². The van der Waals surface area contributed by atoms with Gasteiger partial charge >= 0.3 is 11.9 Å². The Morgan fingerprint density at radius 2 is 2.15 bits per heavy atom. The fourth-order valence-electron chi connectivity index (χ4n) is 3.78. The van der Waals surface area contributed by atoms with Crippen LogP contribution in [0.3, 0.4) is 0 Å². The number of epoxide rings is 1. The summed E-state index contributed by atoms with van der Waals surface area (Å²) in [5.41, 5.74) is -0.206. The highest BCUT2D eigenvalue weighted by molar-refractivity contribution is 5.92. The lowest BCUT2D eigenvalue weighted by atomic mass is 9.80. The highest BCUT2D eigenvalue weighted by Gasteiger charge is 2.58. The number of carbonyl (C=O) groups excluding carboxylic acids is 2. The zero-order valence-electron chi connectivity index (χ0n) is 16.0. The Morgan fingerprint density at radius 1 is 1.48 bits per heavy atom. The van der Waals surface area contributed by atoms with E-state index in [0.717, 1.165) is 0 Å². The minimum absolute atomic E-state index is 0.0212. The minimum atomic E-state index is -1.37. The van der Waals surface area contributed by atoms with Gasteiger partial charge in [-0.25, -0.2) is 9.59 Å². The highest BCUT2D eigenvalue weighted by Crippen LogP contribution is 2.44. The van der Waals surface area contributed by atoms with Gasteiger partial charge in [-0.15, -0.1) is 0 Å². The average Bonchev–Trinajstić information content (AvgIpc) is 3.35. The van der Waals surface area contributed by atoms with Crippen molar-refractivity contribution in [1.29, 1.82) is 0 Å². The molecule has 0 aromatic rings. The van der Waals surface area contributed by atoms with Crippen molar-refractivity contribution in [3.8, 4) is 0 Å². The number of allylic oxidation sites excluding steroid dienone is 1. The van der Waals surface area contributed by atoms with Crippen LogP contribution in [-0.2, 0) is 23.8 Å². The standard InChI is InChI=1S/C20H26O7/c1-6-9(2)18(22)26-13-8-20(5,24)17-16(27-17)15(21)10(3)7-12-14(13)11(4)19(23)25-12/h6-7,12-17,21,24H,4,8H2,1-3,5H3. The van der Waals surface area contributed by atoms with E-state index in [1.165, 1.54) is 0 Å². The molecule has 148 valence electrons. The maximum atomic E-state index is 12.4. The molecule has 0 aromatic heterocycles. The Morgan fingerprint density at radius 3 is 2.78 bits per heavy atom. The fourth-order valence-corrected chi connectivity index (χ4v) is 3.78. The number of rotatable bonds is 2. The number of ether oxygens (including phenoxy) is 3. The first-order valence-electron chi connectivity index (χ1n) is 9.04. The molecule has 0 bridgehead atoms. The van der Waals surface area contributed by atoms with Gasteiger partial charge in [-0.1, -0.05) is 12.7 Å². The van der Waals surface area contributed by atoms with E-state index < -0.39 is 54.0 Å². The zero-order chi connectivity index (χ0) is 20.1. The second-order valence-electron chi connectivity index (χ2n) is 7.77. The molecule has 1 aliphatic carbocycles. The van der Waals surface area contributed by atoms with Crippen LogP contribution in [0.25, 0.3) is 0 Å². The van der Waals surface area contributed by atoms with Crippen LogP contribution in [0, 0.1) is 5.92 Å². The number of aliphatic hydroxyl groups excluding tert-OH is 1. The molecular formula is C20H26O7. The Bertz CT molecular complexity index is 733. The number of hydrogen-bond acceptors (Lipinski definition) is 7. The van der Waals surface area contributed by atoms with Gasteiger partial charge in [0.2, 0.25) is 0 Å². The average molecular weight is 378 g/mol. The number of hydrogen-bond donors (Lipinski definition) is 2. The minimum Gasteiger partial charge on any atom is -0.458 e. The highest BCUT2D eigenvalue weighted by atomic mass is 16.6. The third kappa shape index (κ3) is 3.59. The molecule has 0 amide bonds. The maximum absolute atomic E-state index is 12.4. The van der Waals surface area contributed by atoms with E-state index in [2.05, 4.69) is 6.58 Å². The van der Waals surface area contributed by atoms with Gasteiger partial charge in [-0.2, -0.15) is 0 Å². The molecule has 3 rings (SSSR count). The number of carbonyl (C=O) groups is 2. The molecular weight excluding hydrogens is 352 g/mol. The molecule has 0 aromatic carbocycles. The van der Waals surface area contributed by atoms with Crippen LogP contribution >= 0.6 is 0 Å². The van der Waals surface area contributed by atoms with Crippen LogP contribution in [-0.4, -0.2) is 58.3 Å². The molecule has 7 atom stereocenters. The fraction of sp³-hybridized carbons (Fsp3) is 0.600. The summed E-state index contributed by atoms with van der Waals surface area (Å²) >= 11 is 0. The predicted molar refractivity (Wildman–Crippen MR) is 95.5 cm³/mol. The summed E-state index contributed by atoms with van der Waals surface area (Å²) < 4.78 is 16.6. The van der Waals surface area contributed by atoms with Crippen LogP contribution in [0.1, 0.15) is 34.1 Å². The van der Waals surface area contributed by atoms with E-state index in [1.807, 2.05) is 0 Å². The van der Waals surface area contributed by atoms with Crippen molar-refractivity contribution < 1.29 is 34.0 Å². The molecule has 0 saturated carbocycles. The Kier molecular flexibility index (Phi) is 5.05. The van der Waals surface area contributed by atoms with Crippen LogP contribution in [0.2, 0.25) is 0 Å². The van der Waals surface area contributed by atoms with Crippen LogP contribution in [0.15, 0.2) is 35.5 Å². The molecule has 2 saturated heterocycles. The predicted octanol–water partition coefficient (Wildman–Crippen LogP) is 1.19. The van der Waals surface area contributed by atoms with E-state index in [9.17, 15) is 19.8 Å². The largest absolute Gasteiger partial charge is 0.458 e. The van der Waals surface area contributed by atoms with Crippen LogP contribution in [0.4, 0.5) is 0 Å². The van der Waals surface area contributed by atoms with Gasteiger partial charge < -0.3 is 24.4 Å². The van der Waals surface area contributed by atoms with Crippen molar-refractivity contribution in [3.05, 3.63) is 35.5 Å². The summed E-state index contributed by atoms with van der Waals surface area (Å²) in [5, 5.41) is 21.4. The second-order valence-corrected chi connectivity index (χ2v) is 7.77. The molecule has 7 nitrogen and oxygen atoms in total. The molecule has 2 heterocycles. The second kappa shape index (κ2) is 6.89. The van der Waals surface area contributed by atoms with Crippen molar-refractivity contribution in [3.63, 3.8) is 0 Å². The lowest BCUT2D eigenvalue weighted by Crippen LogP contribution is -2.45. The number of aliphatic hydroxyl groups is 2. The summed E-state index contributed by atoms with van der Waals surface area (Å²) in [6, 6.07) is 0. The van der Waals surface area contributed by atoms with Crippen LogP contribution < -0.4 is 0 Å².